The normalized spacial score (nSPS) is 17.3. The molecule has 166 valence electrons. The van der Waals surface area contributed by atoms with E-state index in [1.165, 1.54) is 9.80 Å². The van der Waals surface area contributed by atoms with Gasteiger partial charge in [-0.3, -0.25) is 15.0 Å². The quantitative estimate of drug-likeness (QED) is 0.451. The van der Waals surface area contributed by atoms with Gasteiger partial charge in [-0.1, -0.05) is 54.6 Å². The molecule has 0 saturated carbocycles. The van der Waals surface area contributed by atoms with E-state index < -0.39 is 5.72 Å². The number of nitrogens with zero attached hydrogens (tertiary/aromatic N) is 3. The van der Waals surface area contributed by atoms with Crippen molar-refractivity contribution in [3.8, 4) is 0 Å². The van der Waals surface area contributed by atoms with Crippen LogP contribution in [0.3, 0.4) is 0 Å². The summed E-state index contributed by atoms with van der Waals surface area (Å²) in [4.78, 5) is 35.7. The van der Waals surface area contributed by atoms with Crippen molar-refractivity contribution in [1.29, 1.82) is 0 Å². The van der Waals surface area contributed by atoms with Gasteiger partial charge in [-0.25, -0.2) is 9.78 Å². The van der Waals surface area contributed by atoms with Crippen LogP contribution in [-0.2, 0) is 12.3 Å². The van der Waals surface area contributed by atoms with Crippen LogP contribution in [0.5, 0.6) is 0 Å². The van der Waals surface area contributed by atoms with Crippen LogP contribution in [0.25, 0.3) is 11.0 Å². The first-order valence-corrected chi connectivity index (χ1v) is 10.5. The molecule has 5 rings (SSSR count). The van der Waals surface area contributed by atoms with E-state index in [1.807, 2.05) is 36.4 Å². The van der Waals surface area contributed by atoms with Crippen molar-refractivity contribution in [3.63, 3.8) is 0 Å². The molecular formula is C25H23N5O3. The molecule has 1 aliphatic heterocycles. The second-order valence-electron chi connectivity index (χ2n) is 8.24. The van der Waals surface area contributed by atoms with Gasteiger partial charge in [-0.15, -0.1) is 0 Å². The number of benzene rings is 3. The van der Waals surface area contributed by atoms with Crippen LogP contribution in [-0.4, -0.2) is 50.9 Å². The van der Waals surface area contributed by atoms with Crippen molar-refractivity contribution in [1.82, 2.24) is 19.8 Å². The molecule has 0 radical (unpaired) electrons. The van der Waals surface area contributed by atoms with Crippen molar-refractivity contribution in [2.75, 3.05) is 19.4 Å². The summed E-state index contributed by atoms with van der Waals surface area (Å²) < 4.78 is 0. The lowest BCUT2D eigenvalue weighted by Crippen LogP contribution is -2.44. The van der Waals surface area contributed by atoms with Gasteiger partial charge >= 0.3 is 6.03 Å². The van der Waals surface area contributed by atoms with Crippen molar-refractivity contribution in [2.24, 2.45) is 0 Å². The van der Waals surface area contributed by atoms with Crippen molar-refractivity contribution in [3.05, 3.63) is 95.1 Å². The molecule has 3 N–H and O–H groups in total. The highest BCUT2D eigenvalue weighted by Gasteiger charge is 2.49. The highest BCUT2D eigenvalue weighted by Crippen LogP contribution is 2.43. The third-order valence-electron chi connectivity index (χ3n) is 5.87. The number of nitrogens with one attached hydrogen (secondary N) is 2. The Labute approximate surface area is 190 Å². The summed E-state index contributed by atoms with van der Waals surface area (Å²) in [6.45, 7) is 0.244. The van der Waals surface area contributed by atoms with E-state index in [2.05, 4.69) is 15.3 Å². The molecule has 1 aliphatic rings. The van der Waals surface area contributed by atoms with E-state index >= 15 is 0 Å². The van der Waals surface area contributed by atoms with Crippen molar-refractivity contribution < 1.29 is 14.7 Å². The zero-order valence-corrected chi connectivity index (χ0v) is 18.2. The summed E-state index contributed by atoms with van der Waals surface area (Å²) in [6.07, 6.45) is 0. The second kappa shape index (κ2) is 7.75. The Bertz CT molecular complexity index is 1360. The number of anilines is 1. The Morgan fingerprint density at radius 3 is 2.58 bits per heavy atom. The predicted octanol–water partition coefficient (Wildman–Crippen LogP) is 3.51. The molecule has 1 aromatic heterocycles. The van der Waals surface area contributed by atoms with Crippen molar-refractivity contribution >= 4 is 28.9 Å². The van der Waals surface area contributed by atoms with Crippen LogP contribution in [0, 0.1) is 0 Å². The van der Waals surface area contributed by atoms with E-state index in [4.69, 9.17) is 0 Å². The molecule has 0 aliphatic carbocycles. The summed E-state index contributed by atoms with van der Waals surface area (Å²) in [5, 5.41) is 14.8. The number of H-pyrrole nitrogens is 1. The molecule has 8 heteroatoms. The molecule has 0 bridgehead atoms. The number of aromatic nitrogens is 2. The number of aliphatic hydroxyl groups is 1. The number of fused-ring (bicyclic) bond motifs is 2. The molecule has 4 aromatic rings. The number of carbonyl (C=O) groups is 2. The molecule has 0 saturated heterocycles. The Hall–Kier alpha value is -4.17. The average molecular weight is 441 g/mol. The van der Waals surface area contributed by atoms with Crippen LogP contribution in [0.2, 0.25) is 0 Å². The summed E-state index contributed by atoms with van der Waals surface area (Å²) >= 11 is 0. The fourth-order valence-corrected chi connectivity index (χ4v) is 4.17. The van der Waals surface area contributed by atoms with E-state index in [-0.39, 0.29) is 18.5 Å². The van der Waals surface area contributed by atoms with Gasteiger partial charge in [0.25, 0.3) is 5.91 Å². The van der Waals surface area contributed by atoms with Crippen LogP contribution in [0.1, 0.15) is 27.0 Å². The van der Waals surface area contributed by atoms with Crippen LogP contribution < -0.4 is 5.32 Å². The summed E-state index contributed by atoms with van der Waals surface area (Å²) in [7, 11) is 3.28. The van der Waals surface area contributed by atoms with Crippen LogP contribution in [0.4, 0.5) is 10.7 Å². The molecule has 0 fully saturated rings. The van der Waals surface area contributed by atoms with Gasteiger partial charge in [0.1, 0.15) is 0 Å². The Morgan fingerprint density at radius 2 is 1.82 bits per heavy atom. The maximum atomic E-state index is 13.3. The van der Waals surface area contributed by atoms with E-state index in [0.29, 0.717) is 33.7 Å². The Morgan fingerprint density at radius 1 is 1.09 bits per heavy atom. The van der Waals surface area contributed by atoms with Gasteiger partial charge in [0, 0.05) is 37.3 Å². The summed E-state index contributed by atoms with van der Waals surface area (Å²) in [5.41, 5.74) is 2.02. The first kappa shape index (κ1) is 20.7. The van der Waals surface area contributed by atoms with Crippen LogP contribution in [0.15, 0.2) is 72.8 Å². The monoisotopic (exact) mass is 441 g/mol. The van der Waals surface area contributed by atoms with Crippen LogP contribution >= 0.6 is 0 Å². The fourth-order valence-electron chi connectivity index (χ4n) is 4.17. The maximum absolute atomic E-state index is 13.3. The predicted molar refractivity (Wildman–Crippen MR) is 125 cm³/mol. The molecule has 33 heavy (non-hydrogen) atoms. The van der Waals surface area contributed by atoms with Gasteiger partial charge in [-0.05, 0) is 23.8 Å². The number of imidazole rings is 1. The maximum Gasteiger partial charge on any atom is 0.323 e. The van der Waals surface area contributed by atoms with Gasteiger partial charge in [0.2, 0.25) is 5.95 Å². The molecule has 3 amide bonds. The number of carbonyl (C=O) groups excluding carboxylic acids is 2. The first-order valence-electron chi connectivity index (χ1n) is 10.5. The molecule has 1 atom stereocenters. The molecule has 1 unspecified atom stereocenters. The molecular weight excluding hydrogens is 418 g/mol. The smallest absolute Gasteiger partial charge is 0.323 e. The largest absolute Gasteiger partial charge is 0.363 e. The van der Waals surface area contributed by atoms with Gasteiger partial charge < -0.3 is 15.0 Å². The van der Waals surface area contributed by atoms with E-state index in [1.54, 1.807) is 50.5 Å². The average Bonchev–Trinajstić information content (AvgIpc) is 3.32. The molecule has 0 spiro atoms. The highest BCUT2D eigenvalue weighted by atomic mass is 16.3. The van der Waals surface area contributed by atoms with E-state index in [0.717, 1.165) is 5.56 Å². The minimum absolute atomic E-state index is 0.238. The van der Waals surface area contributed by atoms with Gasteiger partial charge in [0.05, 0.1) is 11.0 Å². The zero-order valence-electron chi connectivity index (χ0n) is 18.2. The number of hydrogen-bond donors (Lipinski definition) is 3. The van der Waals surface area contributed by atoms with Crippen molar-refractivity contribution in [2.45, 2.75) is 12.3 Å². The number of amides is 3. The van der Waals surface area contributed by atoms with Gasteiger partial charge in [0.15, 0.2) is 5.72 Å². The summed E-state index contributed by atoms with van der Waals surface area (Å²) in [5.74, 6) is 0.0647. The molecule has 8 nitrogen and oxygen atoms in total. The third kappa shape index (κ3) is 3.41. The topological polar surface area (TPSA) is 102 Å². The summed E-state index contributed by atoms with van der Waals surface area (Å²) in [6, 6.07) is 21.7. The Kier molecular flexibility index (Phi) is 4.87. The zero-order chi connectivity index (χ0) is 23.2. The molecule has 2 heterocycles. The first-order chi connectivity index (χ1) is 15.9. The van der Waals surface area contributed by atoms with Gasteiger partial charge in [-0.2, -0.15) is 0 Å². The third-order valence-corrected chi connectivity index (χ3v) is 5.87. The lowest BCUT2D eigenvalue weighted by atomic mass is 9.93. The number of hydrogen-bond acceptors (Lipinski definition) is 4. The minimum Gasteiger partial charge on any atom is -0.363 e. The number of urea groups is 1. The molecule has 3 aromatic carbocycles. The lowest BCUT2D eigenvalue weighted by Gasteiger charge is -2.35. The Balaban J connectivity index is 1.59. The van der Waals surface area contributed by atoms with E-state index in [9.17, 15) is 14.7 Å². The standard InChI is InChI=1S/C25H23N5O3/c1-29(2)24(32)28-23-26-20-13-12-17(14-21(20)27-23)25(33)19-11-7-6-10-18(19)22(31)30(25)15-16-8-4-3-5-9-16/h3-14,33H,15H2,1-2H3,(H2,26,27,28,32). The lowest BCUT2D eigenvalue weighted by molar-refractivity contribution is -0.0542. The SMILES string of the molecule is CN(C)C(=O)Nc1nc2cc(C3(O)c4ccccc4C(=O)N3Cc3ccccc3)ccc2[nH]1. The minimum atomic E-state index is -1.66. The number of rotatable bonds is 4. The fraction of sp³-hybridized carbons (Fsp3) is 0.160. The second-order valence-corrected chi connectivity index (χ2v) is 8.24. The highest BCUT2D eigenvalue weighted by molar-refractivity contribution is 6.00. The number of aromatic amines is 1.